The predicted octanol–water partition coefficient (Wildman–Crippen LogP) is 3.43. The van der Waals surface area contributed by atoms with Gasteiger partial charge in [-0.15, -0.1) is 0 Å². The summed E-state index contributed by atoms with van der Waals surface area (Å²) in [6.45, 7) is 0. The van der Waals surface area contributed by atoms with Crippen molar-refractivity contribution in [1.29, 1.82) is 5.26 Å². The summed E-state index contributed by atoms with van der Waals surface area (Å²) in [7, 11) is 0. The van der Waals surface area contributed by atoms with Crippen molar-refractivity contribution >= 4 is 23.3 Å². The van der Waals surface area contributed by atoms with Crippen molar-refractivity contribution in [2.24, 2.45) is 5.92 Å². The van der Waals surface area contributed by atoms with E-state index in [0.717, 1.165) is 24.9 Å². The molecule has 0 radical (unpaired) electrons. The lowest BCUT2D eigenvalue weighted by Gasteiger charge is -2.35. The first kappa shape index (κ1) is 14.2. The Kier molecular flexibility index (Phi) is 3.77. The Hall–Kier alpha value is -1.73. The molecule has 110 valence electrons. The van der Waals surface area contributed by atoms with Crippen molar-refractivity contribution in [3.8, 4) is 6.07 Å². The van der Waals surface area contributed by atoms with Gasteiger partial charge >= 0.3 is 5.97 Å². The third kappa shape index (κ3) is 2.47. The van der Waals surface area contributed by atoms with Gasteiger partial charge in [-0.1, -0.05) is 24.4 Å². The molecule has 0 aromatic heterocycles. The van der Waals surface area contributed by atoms with Crippen LogP contribution >= 0.6 is 11.6 Å². The number of fused-ring (bicyclic) bond motifs is 1. The van der Waals surface area contributed by atoms with E-state index < -0.39 is 12.0 Å². The van der Waals surface area contributed by atoms with Crippen molar-refractivity contribution < 1.29 is 9.90 Å². The number of aliphatic carboxylic acids is 1. The molecule has 0 amide bonds. The highest BCUT2D eigenvalue weighted by Crippen LogP contribution is 2.44. The minimum atomic E-state index is -0.787. The maximum absolute atomic E-state index is 11.6. The molecule has 5 heteroatoms. The maximum atomic E-state index is 11.6. The molecule has 4 nitrogen and oxygen atoms in total. The first-order chi connectivity index (χ1) is 10.1. The summed E-state index contributed by atoms with van der Waals surface area (Å²) in [4.78, 5) is 13.6. The predicted molar refractivity (Wildman–Crippen MR) is 80.4 cm³/mol. The molecule has 1 heterocycles. The fourth-order valence-electron chi connectivity index (χ4n) is 3.81. The molecule has 3 unspecified atom stereocenters. The molecule has 1 aliphatic carbocycles. The summed E-state index contributed by atoms with van der Waals surface area (Å²) in [6, 6.07) is 6.91. The van der Waals surface area contributed by atoms with E-state index in [-0.39, 0.29) is 6.04 Å². The number of anilines is 1. The molecule has 2 fully saturated rings. The van der Waals surface area contributed by atoms with Gasteiger partial charge in [0.05, 0.1) is 22.3 Å². The number of carboxylic acids is 1. The Morgan fingerprint density at radius 1 is 1.38 bits per heavy atom. The average molecular weight is 305 g/mol. The Bertz CT molecular complexity index is 611. The van der Waals surface area contributed by atoms with E-state index in [2.05, 4.69) is 6.07 Å². The topological polar surface area (TPSA) is 64.3 Å². The summed E-state index contributed by atoms with van der Waals surface area (Å²) in [5.74, 6) is -0.351. The molecule has 3 atom stereocenters. The molecular weight excluding hydrogens is 288 g/mol. The molecular formula is C16H17ClN2O2. The Balaban J connectivity index is 2.00. The van der Waals surface area contributed by atoms with Crippen LogP contribution in [0.4, 0.5) is 5.69 Å². The Morgan fingerprint density at radius 2 is 2.14 bits per heavy atom. The minimum absolute atomic E-state index is 0.255. The van der Waals surface area contributed by atoms with Gasteiger partial charge in [0.25, 0.3) is 0 Å². The number of benzene rings is 1. The normalized spacial score (nSPS) is 28.0. The van der Waals surface area contributed by atoms with Crippen LogP contribution in [-0.4, -0.2) is 23.2 Å². The number of nitrogens with zero attached hydrogens (tertiary/aromatic N) is 2. The highest BCUT2D eigenvalue weighted by molar-refractivity contribution is 6.33. The van der Waals surface area contributed by atoms with Crippen LogP contribution in [0, 0.1) is 17.2 Å². The summed E-state index contributed by atoms with van der Waals surface area (Å²) in [5.41, 5.74) is 1.24. The third-order valence-corrected chi connectivity index (χ3v) is 5.03. The molecule has 1 aromatic carbocycles. The Labute approximate surface area is 128 Å². The van der Waals surface area contributed by atoms with Crippen molar-refractivity contribution in [1.82, 2.24) is 0 Å². The molecule has 1 aliphatic heterocycles. The van der Waals surface area contributed by atoms with Crippen molar-refractivity contribution in [3.63, 3.8) is 0 Å². The molecule has 21 heavy (non-hydrogen) atoms. The first-order valence-electron chi connectivity index (χ1n) is 7.32. The van der Waals surface area contributed by atoms with Crippen molar-refractivity contribution in [2.75, 3.05) is 4.90 Å². The third-order valence-electron chi connectivity index (χ3n) is 4.73. The van der Waals surface area contributed by atoms with E-state index in [1.54, 1.807) is 18.2 Å². The molecule has 1 saturated carbocycles. The molecule has 1 saturated heterocycles. The number of nitriles is 1. The van der Waals surface area contributed by atoms with E-state index >= 15 is 0 Å². The monoisotopic (exact) mass is 304 g/mol. The highest BCUT2D eigenvalue weighted by atomic mass is 35.5. The standard InChI is InChI=1S/C16H17ClN2O2/c17-12-7-10(9-18)5-6-14(12)19-13-4-2-1-3-11(13)8-15(19)16(20)21/h5-7,11,13,15H,1-4,8H2,(H,20,21). The van der Waals surface area contributed by atoms with Gasteiger partial charge in [-0.05, 0) is 43.4 Å². The Morgan fingerprint density at radius 3 is 2.81 bits per heavy atom. The van der Waals surface area contributed by atoms with Gasteiger partial charge < -0.3 is 10.0 Å². The number of carboxylic acid groups (broad SMARTS) is 1. The summed E-state index contributed by atoms with van der Waals surface area (Å²) in [5, 5.41) is 18.9. The zero-order valence-corrected chi connectivity index (χ0v) is 12.4. The van der Waals surface area contributed by atoms with Gasteiger partial charge in [-0.2, -0.15) is 5.26 Å². The molecule has 1 aromatic rings. The summed E-state index contributed by atoms with van der Waals surface area (Å²) in [6.07, 6.45) is 5.13. The maximum Gasteiger partial charge on any atom is 0.326 e. The molecule has 2 aliphatic rings. The van der Waals surface area contributed by atoms with Gasteiger partial charge in [-0.25, -0.2) is 4.79 Å². The lowest BCUT2D eigenvalue weighted by Crippen LogP contribution is -2.42. The fraction of sp³-hybridized carbons (Fsp3) is 0.500. The SMILES string of the molecule is N#Cc1ccc(N2C(C(=O)O)CC3CCCCC32)c(Cl)c1. The van der Waals surface area contributed by atoms with Crippen LogP contribution in [0.2, 0.25) is 5.02 Å². The first-order valence-corrected chi connectivity index (χ1v) is 7.70. The molecule has 1 N–H and O–H groups in total. The quantitative estimate of drug-likeness (QED) is 0.909. The average Bonchev–Trinajstić information content (AvgIpc) is 2.86. The van der Waals surface area contributed by atoms with Gasteiger partial charge in [0.1, 0.15) is 6.04 Å². The van der Waals surface area contributed by atoms with Crippen molar-refractivity contribution in [2.45, 2.75) is 44.2 Å². The molecule has 0 bridgehead atoms. The highest BCUT2D eigenvalue weighted by Gasteiger charge is 2.45. The van der Waals surface area contributed by atoms with Gasteiger partial charge in [0.15, 0.2) is 0 Å². The summed E-state index contributed by atoms with van der Waals surface area (Å²) < 4.78 is 0. The van der Waals surface area contributed by atoms with E-state index in [1.165, 1.54) is 6.42 Å². The van der Waals surface area contributed by atoms with Gasteiger partial charge in [0, 0.05) is 6.04 Å². The van der Waals surface area contributed by atoms with Crippen LogP contribution in [0.1, 0.15) is 37.7 Å². The summed E-state index contributed by atoms with van der Waals surface area (Å²) >= 11 is 6.30. The second kappa shape index (κ2) is 5.57. The van der Waals surface area contributed by atoms with Gasteiger partial charge in [-0.3, -0.25) is 0 Å². The lowest BCUT2D eigenvalue weighted by atomic mass is 9.84. The largest absolute Gasteiger partial charge is 0.480 e. The van der Waals surface area contributed by atoms with Crippen LogP contribution in [0.5, 0.6) is 0 Å². The zero-order valence-electron chi connectivity index (χ0n) is 11.6. The zero-order chi connectivity index (χ0) is 15.0. The minimum Gasteiger partial charge on any atom is -0.480 e. The van der Waals surface area contributed by atoms with Crippen LogP contribution in [0.25, 0.3) is 0 Å². The van der Waals surface area contributed by atoms with Crippen LogP contribution in [0.15, 0.2) is 18.2 Å². The lowest BCUT2D eigenvalue weighted by molar-refractivity contribution is -0.138. The molecule has 3 rings (SSSR count). The van der Waals surface area contributed by atoms with Gasteiger partial charge in [0.2, 0.25) is 0 Å². The molecule has 0 spiro atoms. The van der Waals surface area contributed by atoms with E-state index in [4.69, 9.17) is 16.9 Å². The number of carbonyl (C=O) groups is 1. The number of rotatable bonds is 2. The smallest absolute Gasteiger partial charge is 0.326 e. The van der Waals surface area contributed by atoms with Crippen molar-refractivity contribution in [3.05, 3.63) is 28.8 Å². The van der Waals surface area contributed by atoms with Crippen LogP contribution < -0.4 is 4.90 Å². The van der Waals surface area contributed by atoms with Crippen LogP contribution in [0.3, 0.4) is 0 Å². The second-order valence-electron chi connectivity index (χ2n) is 5.89. The number of hydrogen-bond acceptors (Lipinski definition) is 3. The second-order valence-corrected chi connectivity index (χ2v) is 6.29. The van der Waals surface area contributed by atoms with E-state index in [1.807, 2.05) is 4.90 Å². The number of halogens is 1. The number of hydrogen-bond donors (Lipinski definition) is 1. The fourth-order valence-corrected chi connectivity index (χ4v) is 4.09. The van der Waals surface area contributed by atoms with E-state index in [9.17, 15) is 9.90 Å². The van der Waals surface area contributed by atoms with Crippen LogP contribution in [-0.2, 0) is 4.79 Å². The van der Waals surface area contributed by atoms with E-state index in [0.29, 0.717) is 22.9 Å².